The molecule has 0 radical (unpaired) electrons. The Morgan fingerprint density at radius 1 is 1.53 bits per heavy atom. The Bertz CT molecular complexity index is 393. The van der Waals surface area contributed by atoms with E-state index in [1.807, 2.05) is 6.20 Å². The van der Waals surface area contributed by atoms with Crippen molar-refractivity contribution in [3.8, 4) is 0 Å². The first-order valence-corrected chi connectivity index (χ1v) is 7.32. The van der Waals surface area contributed by atoms with Crippen LogP contribution in [-0.4, -0.2) is 49.7 Å². The first kappa shape index (κ1) is 14.1. The predicted molar refractivity (Wildman–Crippen MR) is 81.9 cm³/mol. The van der Waals surface area contributed by atoms with Gasteiger partial charge in [-0.2, -0.15) is 0 Å². The number of nitrogens with zero attached hydrogens (tertiary/aromatic N) is 3. The summed E-state index contributed by atoms with van der Waals surface area (Å²) in [5.74, 6) is 0.982. The van der Waals surface area contributed by atoms with Gasteiger partial charge in [0.05, 0.1) is 0 Å². The van der Waals surface area contributed by atoms with Crippen LogP contribution in [0.3, 0.4) is 0 Å². The van der Waals surface area contributed by atoms with E-state index in [0.717, 1.165) is 25.3 Å². The van der Waals surface area contributed by atoms with Gasteiger partial charge in [-0.25, -0.2) is 4.98 Å². The summed E-state index contributed by atoms with van der Waals surface area (Å²) in [7, 11) is 4.41. The third-order valence-electron chi connectivity index (χ3n) is 3.85. The van der Waals surface area contributed by atoms with Crippen molar-refractivity contribution in [2.24, 2.45) is 0 Å². The van der Waals surface area contributed by atoms with E-state index in [4.69, 9.17) is 0 Å². The van der Waals surface area contributed by atoms with Crippen molar-refractivity contribution in [2.45, 2.75) is 32.2 Å². The molecule has 0 spiro atoms. The van der Waals surface area contributed by atoms with E-state index in [2.05, 4.69) is 53.3 Å². The molecule has 0 aromatic carbocycles. The van der Waals surface area contributed by atoms with Crippen molar-refractivity contribution >= 4 is 11.5 Å². The predicted octanol–water partition coefficient (Wildman–Crippen LogP) is 2.43. The van der Waals surface area contributed by atoms with Crippen LogP contribution in [0.25, 0.3) is 0 Å². The second-order valence-corrected chi connectivity index (χ2v) is 5.50. The number of nitrogens with one attached hydrogen (secondary N) is 1. The number of likely N-dealkylation sites (N-methyl/N-ethyl adjacent to an activating group) is 2. The fraction of sp³-hybridized carbons (Fsp3) is 0.667. The van der Waals surface area contributed by atoms with E-state index in [0.29, 0.717) is 6.04 Å². The van der Waals surface area contributed by atoms with Gasteiger partial charge in [0.25, 0.3) is 0 Å². The quantitative estimate of drug-likeness (QED) is 0.883. The van der Waals surface area contributed by atoms with Crippen molar-refractivity contribution in [2.75, 3.05) is 43.9 Å². The normalized spacial score (nSPS) is 20.3. The molecule has 0 aliphatic carbocycles. The van der Waals surface area contributed by atoms with Gasteiger partial charge >= 0.3 is 0 Å². The maximum atomic E-state index is 4.37. The Balaban J connectivity index is 2.03. The van der Waals surface area contributed by atoms with Crippen LogP contribution in [0.15, 0.2) is 18.3 Å². The Hall–Kier alpha value is -1.29. The van der Waals surface area contributed by atoms with Gasteiger partial charge in [0, 0.05) is 44.1 Å². The zero-order valence-corrected chi connectivity index (χ0v) is 12.4. The first-order chi connectivity index (χ1) is 9.20. The number of piperidine rings is 1. The highest BCUT2D eigenvalue weighted by Crippen LogP contribution is 2.22. The van der Waals surface area contributed by atoms with Crippen molar-refractivity contribution in [3.05, 3.63) is 18.3 Å². The van der Waals surface area contributed by atoms with Crippen LogP contribution in [0.2, 0.25) is 0 Å². The summed E-state index contributed by atoms with van der Waals surface area (Å²) in [6, 6.07) is 4.87. The van der Waals surface area contributed by atoms with Crippen LogP contribution >= 0.6 is 0 Å². The van der Waals surface area contributed by atoms with Crippen LogP contribution in [0.4, 0.5) is 11.5 Å². The van der Waals surface area contributed by atoms with Crippen LogP contribution in [0.1, 0.15) is 26.2 Å². The van der Waals surface area contributed by atoms with Gasteiger partial charge in [-0.05, 0) is 38.9 Å². The third kappa shape index (κ3) is 3.83. The van der Waals surface area contributed by atoms with Gasteiger partial charge in [0.15, 0.2) is 0 Å². The molecule has 0 saturated carbocycles. The van der Waals surface area contributed by atoms with Gasteiger partial charge in [0.1, 0.15) is 5.82 Å². The molecule has 1 unspecified atom stereocenters. The Morgan fingerprint density at radius 2 is 2.37 bits per heavy atom. The fourth-order valence-corrected chi connectivity index (χ4v) is 2.65. The molecule has 2 rings (SSSR count). The summed E-state index contributed by atoms with van der Waals surface area (Å²) in [6.07, 6.45) is 5.59. The maximum Gasteiger partial charge on any atom is 0.127 e. The van der Waals surface area contributed by atoms with Gasteiger partial charge in [0.2, 0.25) is 0 Å². The molecule has 1 saturated heterocycles. The summed E-state index contributed by atoms with van der Waals surface area (Å²) in [6.45, 7) is 5.52. The van der Waals surface area contributed by atoms with E-state index in [1.165, 1.54) is 25.1 Å². The second-order valence-electron chi connectivity index (χ2n) is 5.50. The smallest absolute Gasteiger partial charge is 0.127 e. The van der Waals surface area contributed by atoms with Crippen molar-refractivity contribution in [1.29, 1.82) is 0 Å². The molecule has 1 aromatic heterocycles. The molecule has 4 heteroatoms. The summed E-state index contributed by atoms with van der Waals surface area (Å²) < 4.78 is 0. The highest BCUT2D eigenvalue weighted by Gasteiger charge is 2.21. The number of hydrogen-bond donors (Lipinski definition) is 1. The minimum atomic E-state index is 0.611. The topological polar surface area (TPSA) is 31.4 Å². The number of pyridine rings is 1. The molecule has 1 aromatic rings. The van der Waals surface area contributed by atoms with E-state index in [9.17, 15) is 0 Å². The van der Waals surface area contributed by atoms with Crippen molar-refractivity contribution < 1.29 is 0 Å². The largest absolute Gasteiger partial charge is 0.370 e. The van der Waals surface area contributed by atoms with Crippen LogP contribution in [0, 0.1) is 0 Å². The van der Waals surface area contributed by atoms with Gasteiger partial charge in [-0.15, -0.1) is 0 Å². The summed E-state index contributed by atoms with van der Waals surface area (Å²) >= 11 is 0. The minimum absolute atomic E-state index is 0.611. The van der Waals surface area contributed by atoms with E-state index < -0.39 is 0 Å². The molecule has 1 atom stereocenters. The van der Waals surface area contributed by atoms with Crippen LogP contribution < -0.4 is 10.2 Å². The SMILES string of the molecule is CCCNc1cc(N(C)C2CCCN(C)C2)ccn1. The molecule has 1 fully saturated rings. The zero-order chi connectivity index (χ0) is 13.7. The number of hydrogen-bond acceptors (Lipinski definition) is 4. The Kier molecular flexibility index (Phi) is 5.02. The van der Waals surface area contributed by atoms with Gasteiger partial charge < -0.3 is 15.1 Å². The van der Waals surface area contributed by atoms with Crippen LogP contribution in [0.5, 0.6) is 0 Å². The molecule has 106 valence electrons. The first-order valence-electron chi connectivity index (χ1n) is 7.32. The number of aromatic nitrogens is 1. The molecule has 1 N–H and O–H groups in total. The Labute approximate surface area is 116 Å². The Morgan fingerprint density at radius 3 is 3.11 bits per heavy atom. The lowest BCUT2D eigenvalue weighted by atomic mass is 10.0. The van der Waals surface area contributed by atoms with Crippen molar-refractivity contribution in [1.82, 2.24) is 9.88 Å². The lowest BCUT2D eigenvalue weighted by Crippen LogP contribution is -2.45. The lowest BCUT2D eigenvalue weighted by molar-refractivity contribution is 0.248. The van der Waals surface area contributed by atoms with Crippen molar-refractivity contribution in [3.63, 3.8) is 0 Å². The highest BCUT2D eigenvalue weighted by molar-refractivity contribution is 5.54. The molecule has 2 heterocycles. The molecular weight excluding hydrogens is 236 g/mol. The molecule has 1 aliphatic rings. The number of rotatable bonds is 5. The summed E-state index contributed by atoms with van der Waals surface area (Å²) in [5.41, 5.74) is 1.26. The third-order valence-corrected chi connectivity index (χ3v) is 3.85. The number of anilines is 2. The molecule has 0 bridgehead atoms. The zero-order valence-electron chi connectivity index (χ0n) is 12.4. The average molecular weight is 262 g/mol. The highest BCUT2D eigenvalue weighted by atomic mass is 15.2. The fourth-order valence-electron chi connectivity index (χ4n) is 2.65. The molecule has 19 heavy (non-hydrogen) atoms. The van der Waals surface area contributed by atoms with E-state index >= 15 is 0 Å². The van der Waals surface area contributed by atoms with Gasteiger partial charge in [-0.3, -0.25) is 0 Å². The molecule has 0 amide bonds. The maximum absolute atomic E-state index is 4.37. The standard InChI is InChI=1S/C15H26N4/c1-4-8-16-15-11-13(7-9-17-15)19(3)14-6-5-10-18(2)12-14/h7,9,11,14H,4-6,8,10,12H2,1-3H3,(H,16,17). The minimum Gasteiger partial charge on any atom is -0.370 e. The molecule has 4 nitrogen and oxygen atoms in total. The monoisotopic (exact) mass is 262 g/mol. The van der Waals surface area contributed by atoms with E-state index in [1.54, 1.807) is 0 Å². The number of likely N-dealkylation sites (tertiary alicyclic amines) is 1. The van der Waals surface area contributed by atoms with Gasteiger partial charge in [-0.1, -0.05) is 6.92 Å². The summed E-state index contributed by atoms with van der Waals surface area (Å²) in [5, 5.41) is 3.35. The summed E-state index contributed by atoms with van der Waals surface area (Å²) in [4.78, 5) is 9.19. The second kappa shape index (κ2) is 6.75. The molecule has 1 aliphatic heterocycles. The average Bonchev–Trinajstić information content (AvgIpc) is 2.44. The lowest BCUT2D eigenvalue weighted by Gasteiger charge is -2.37. The van der Waals surface area contributed by atoms with Crippen LogP contribution in [-0.2, 0) is 0 Å². The van der Waals surface area contributed by atoms with E-state index in [-0.39, 0.29) is 0 Å². The molecular formula is C15H26N4.